The fourth-order valence-electron chi connectivity index (χ4n) is 5.21. The highest BCUT2D eigenvalue weighted by Crippen LogP contribution is 2.35. The molecule has 1 N–H and O–H groups in total. The van der Waals surface area contributed by atoms with E-state index in [0.717, 1.165) is 48.0 Å². The predicted molar refractivity (Wildman–Crippen MR) is 147 cm³/mol. The van der Waals surface area contributed by atoms with Crippen LogP contribution in [0.15, 0.2) is 24.7 Å². The number of carbonyl (C=O) groups is 1. The Morgan fingerprint density at radius 2 is 1.86 bits per heavy atom. The normalized spacial score (nSPS) is 16.4. The molecule has 2 aliphatic rings. The molecule has 0 saturated carbocycles. The lowest BCUT2D eigenvalue weighted by atomic mass is 10.0. The van der Waals surface area contributed by atoms with Crippen LogP contribution < -0.4 is 9.80 Å². The Labute approximate surface area is 218 Å². The Kier molecular flexibility index (Phi) is 7.08. The van der Waals surface area contributed by atoms with Gasteiger partial charge in [0.15, 0.2) is 0 Å². The number of aryl methyl sites for hydroxylation is 1. The monoisotopic (exact) mass is 523 g/mol. The van der Waals surface area contributed by atoms with Gasteiger partial charge in [-0.15, -0.1) is 0 Å². The van der Waals surface area contributed by atoms with Gasteiger partial charge >= 0.3 is 6.09 Å². The van der Waals surface area contributed by atoms with Crippen LogP contribution in [0.5, 0.6) is 0 Å². The third-order valence-electron chi connectivity index (χ3n) is 7.36. The van der Waals surface area contributed by atoms with E-state index in [1.54, 1.807) is 6.33 Å². The molecule has 0 atom stereocenters. The van der Waals surface area contributed by atoms with Gasteiger partial charge in [-0.1, -0.05) is 25.7 Å². The van der Waals surface area contributed by atoms with Crippen molar-refractivity contribution in [3.8, 4) is 0 Å². The minimum atomic E-state index is -1.12. The van der Waals surface area contributed by atoms with Crippen LogP contribution >= 0.6 is 0 Å². The molecule has 0 radical (unpaired) electrons. The van der Waals surface area contributed by atoms with Gasteiger partial charge in [-0.2, -0.15) is 5.10 Å². The van der Waals surface area contributed by atoms with Gasteiger partial charge < -0.3 is 24.5 Å². The number of hydrogen-bond donors (Lipinski definition) is 1. The zero-order valence-electron chi connectivity index (χ0n) is 22.3. The van der Waals surface area contributed by atoms with Gasteiger partial charge in [0.1, 0.15) is 18.9 Å². The molecule has 1 amide bonds. The fourth-order valence-corrected chi connectivity index (χ4v) is 5.97. The number of ether oxygens (including phenoxy) is 1. The van der Waals surface area contributed by atoms with Gasteiger partial charge in [0, 0.05) is 58.4 Å². The quantitative estimate of drug-likeness (QED) is 0.369. The number of carboxylic acid groups (broad SMARTS) is 1. The van der Waals surface area contributed by atoms with Crippen LogP contribution in [0.3, 0.4) is 0 Å². The molecule has 1 saturated heterocycles. The second-order valence-electron chi connectivity index (χ2n) is 11.2. The minimum absolute atomic E-state index is 0.463. The molecule has 198 valence electrons. The van der Waals surface area contributed by atoms with Gasteiger partial charge in [0.25, 0.3) is 0 Å². The van der Waals surface area contributed by atoms with E-state index < -0.39 is 14.2 Å². The standard InChI is InChI=1S/C26H37N7O3Si/c1-19-5-6-23-21(15-29-33(23)18-36-13-14-37(2,3)4)24(19)32-8-7-20-22(16-32)27-17-28-25(20)30-9-11-31(12-10-30)26(34)35/h5-6,15,17H,7-14,16,18H2,1-4H3,(H,34,35). The number of amides is 1. The molecule has 2 aliphatic heterocycles. The highest BCUT2D eigenvalue weighted by molar-refractivity contribution is 6.76. The molecule has 0 spiro atoms. The highest BCUT2D eigenvalue weighted by Gasteiger charge is 2.28. The van der Waals surface area contributed by atoms with Crippen molar-refractivity contribution in [3.63, 3.8) is 0 Å². The van der Waals surface area contributed by atoms with E-state index in [-0.39, 0.29) is 0 Å². The maximum absolute atomic E-state index is 11.3. The summed E-state index contributed by atoms with van der Waals surface area (Å²) in [7, 11) is -1.12. The van der Waals surface area contributed by atoms with Crippen LogP contribution in [0.1, 0.15) is 16.8 Å². The molecule has 0 bridgehead atoms. The summed E-state index contributed by atoms with van der Waals surface area (Å²) in [6, 6.07) is 5.45. The van der Waals surface area contributed by atoms with E-state index in [1.807, 2.05) is 10.9 Å². The highest BCUT2D eigenvalue weighted by atomic mass is 28.3. The Hall–Kier alpha value is -3.18. The van der Waals surface area contributed by atoms with Crippen molar-refractivity contribution in [1.29, 1.82) is 0 Å². The Bertz CT molecular complexity index is 1280. The van der Waals surface area contributed by atoms with E-state index in [0.29, 0.717) is 39.5 Å². The summed E-state index contributed by atoms with van der Waals surface area (Å²) in [5.41, 5.74) is 5.72. The molecule has 11 heteroatoms. The Balaban J connectivity index is 1.34. The number of anilines is 2. The average molecular weight is 524 g/mol. The lowest BCUT2D eigenvalue weighted by molar-refractivity contribution is 0.0817. The molecule has 10 nitrogen and oxygen atoms in total. The van der Waals surface area contributed by atoms with Crippen LogP contribution in [-0.4, -0.2) is 83.3 Å². The first kappa shape index (κ1) is 25.5. The Morgan fingerprint density at radius 3 is 2.59 bits per heavy atom. The molecule has 1 fully saturated rings. The van der Waals surface area contributed by atoms with E-state index >= 15 is 0 Å². The third-order valence-corrected chi connectivity index (χ3v) is 9.06. The summed E-state index contributed by atoms with van der Waals surface area (Å²) >= 11 is 0. The number of piperazine rings is 1. The van der Waals surface area contributed by atoms with Crippen molar-refractivity contribution in [3.05, 3.63) is 41.5 Å². The van der Waals surface area contributed by atoms with E-state index in [9.17, 15) is 9.90 Å². The lowest BCUT2D eigenvalue weighted by Crippen LogP contribution is -2.49. The number of rotatable bonds is 7. The van der Waals surface area contributed by atoms with Crippen molar-refractivity contribution in [2.45, 2.75) is 52.3 Å². The van der Waals surface area contributed by atoms with Crippen LogP contribution in [0.25, 0.3) is 10.9 Å². The first-order valence-corrected chi connectivity index (χ1v) is 16.8. The third kappa shape index (κ3) is 5.42. The van der Waals surface area contributed by atoms with E-state index in [2.05, 4.69) is 63.6 Å². The summed E-state index contributed by atoms with van der Waals surface area (Å²) in [5.74, 6) is 0.952. The van der Waals surface area contributed by atoms with Gasteiger partial charge in [-0.3, -0.25) is 0 Å². The summed E-state index contributed by atoms with van der Waals surface area (Å²) in [4.78, 5) is 26.6. The summed E-state index contributed by atoms with van der Waals surface area (Å²) in [5, 5.41) is 15.1. The van der Waals surface area contributed by atoms with Gasteiger partial charge in [0.05, 0.1) is 29.6 Å². The number of fused-ring (bicyclic) bond motifs is 2. The predicted octanol–water partition coefficient (Wildman–Crippen LogP) is 3.81. The molecular weight excluding hydrogens is 486 g/mol. The number of benzene rings is 1. The molecule has 4 heterocycles. The van der Waals surface area contributed by atoms with Crippen LogP contribution in [-0.2, 0) is 24.4 Å². The average Bonchev–Trinajstić information content (AvgIpc) is 3.28. The summed E-state index contributed by atoms with van der Waals surface area (Å²) in [6.45, 7) is 14.3. The molecule has 5 rings (SSSR count). The number of hydrogen-bond acceptors (Lipinski definition) is 7. The van der Waals surface area contributed by atoms with Crippen molar-refractivity contribution in [2.24, 2.45) is 0 Å². The molecular formula is C26H37N7O3Si. The molecule has 0 aliphatic carbocycles. The van der Waals surface area contributed by atoms with Gasteiger partial charge in [-0.25, -0.2) is 19.4 Å². The van der Waals surface area contributed by atoms with Crippen LogP contribution in [0.4, 0.5) is 16.3 Å². The Morgan fingerprint density at radius 1 is 1.08 bits per heavy atom. The van der Waals surface area contributed by atoms with Crippen molar-refractivity contribution in [2.75, 3.05) is 49.1 Å². The largest absolute Gasteiger partial charge is 0.465 e. The smallest absolute Gasteiger partial charge is 0.407 e. The second-order valence-corrected chi connectivity index (χ2v) is 16.8. The topological polar surface area (TPSA) is 99.9 Å². The van der Waals surface area contributed by atoms with Crippen molar-refractivity contribution in [1.82, 2.24) is 24.6 Å². The molecule has 3 aromatic rings. The van der Waals surface area contributed by atoms with E-state index in [1.165, 1.54) is 21.7 Å². The second kappa shape index (κ2) is 10.3. The van der Waals surface area contributed by atoms with Crippen LogP contribution in [0.2, 0.25) is 25.7 Å². The summed E-state index contributed by atoms with van der Waals surface area (Å²) < 4.78 is 7.93. The zero-order valence-corrected chi connectivity index (χ0v) is 23.3. The van der Waals surface area contributed by atoms with Gasteiger partial charge in [-0.05, 0) is 31.0 Å². The SMILES string of the molecule is Cc1ccc2c(cnn2COCC[Si](C)(C)C)c1N1CCc2c(ncnc2N2CCN(C(=O)O)CC2)C1. The number of nitrogens with zero attached hydrogens (tertiary/aromatic N) is 7. The molecule has 37 heavy (non-hydrogen) atoms. The van der Waals surface area contributed by atoms with Gasteiger partial charge in [0.2, 0.25) is 0 Å². The maximum atomic E-state index is 11.3. The van der Waals surface area contributed by atoms with E-state index in [4.69, 9.17) is 4.74 Å². The maximum Gasteiger partial charge on any atom is 0.407 e. The first-order valence-electron chi connectivity index (χ1n) is 13.0. The number of aromatic nitrogens is 4. The zero-order chi connectivity index (χ0) is 26.2. The molecule has 2 aromatic heterocycles. The molecule has 1 aromatic carbocycles. The minimum Gasteiger partial charge on any atom is -0.465 e. The fraction of sp³-hybridized carbons (Fsp3) is 0.538. The lowest BCUT2D eigenvalue weighted by Gasteiger charge is -2.37. The van der Waals surface area contributed by atoms with Crippen molar-refractivity contribution >= 4 is 36.6 Å². The van der Waals surface area contributed by atoms with Crippen LogP contribution in [0, 0.1) is 6.92 Å². The first-order chi connectivity index (χ1) is 17.7. The molecule has 0 unspecified atom stereocenters. The summed E-state index contributed by atoms with van der Waals surface area (Å²) in [6.07, 6.45) is 3.59. The van der Waals surface area contributed by atoms with Crippen molar-refractivity contribution < 1.29 is 14.6 Å².